The number of benzene rings is 3. The Hall–Kier alpha value is -12.8. The molecule has 4 fully saturated rings. The number of aliphatic hydroxyl groups excluding tert-OH is 1. The summed E-state index contributed by atoms with van der Waals surface area (Å²) in [7, 11) is 2.61. The van der Waals surface area contributed by atoms with Gasteiger partial charge < -0.3 is 115 Å². The van der Waals surface area contributed by atoms with Crippen LogP contribution in [0.1, 0.15) is 179 Å². The number of likely N-dealkylation sites (N-methyl/N-ethyl adjacent to an activating group) is 2. The summed E-state index contributed by atoms with van der Waals surface area (Å²) in [5, 5.41) is 53.9. The van der Waals surface area contributed by atoms with E-state index in [1.54, 1.807) is 75.5 Å². The number of nitrogens with one attached hydrogen (secondary N) is 9. The lowest BCUT2D eigenvalue weighted by Crippen LogP contribution is -2.62. The Kier molecular flexibility index (Phi) is 38.4. The molecular formula is C92H128FN19O21. The third-order valence-electron chi connectivity index (χ3n) is 25.0. The van der Waals surface area contributed by atoms with E-state index in [2.05, 4.69) is 47.5 Å². The van der Waals surface area contributed by atoms with E-state index in [-0.39, 0.29) is 115 Å². The Balaban J connectivity index is 1.10. The lowest BCUT2D eigenvalue weighted by atomic mass is 9.90. The zero-order valence-electron chi connectivity index (χ0n) is 76.1. The minimum absolute atomic E-state index is 0.00488. The van der Waals surface area contributed by atoms with E-state index in [0.717, 1.165) is 31.7 Å². The molecule has 9 rings (SSSR count). The number of carbonyl (C=O) groups excluding carboxylic acids is 16. The fourth-order valence-corrected chi connectivity index (χ4v) is 18.0. The molecule has 0 aliphatic carbocycles. The third-order valence-corrected chi connectivity index (χ3v) is 25.0. The zero-order chi connectivity index (χ0) is 97.2. The highest BCUT2D eigenvalue weighted by atomic mass is 19.1. The number of carboxylic acids is 2. The van der Waals surface area contributed by atoms with E-state index >= 15 is 38.4 Å². The molecule has 724 valence electrons. The number of hydrogen-bond acceptors (Lipinski definition) is 21. The molecule has 0 unspecified atom stereocenters. The van der Waals surface area contributed by atoms with Crippen molar-refractivity contribution in [2.24, 2.45) is 34.8 Å². The second-order valence-corrected chi connectivity index (χ2v) is 35.4. The molecule has 15 amide bonds. The number of amides is 15. The fraction of sp³-hybridized carbons (Fsp3) is 0.565. The van der Waals surface area contributed by atoms with Crippen LogP contribution in [0.5, 0.6) is 0 Å². The van der Waals surface area contributed by atoms with Gasteiger partial charge in [0.05, 0.1) is 18.6 Å². The highest BCUT2D eigenvalue weighted by molar-refractivity contribution is 6.02. The van der Waals surface area contributed by atoms with Crippen LogP contribution in [0.3, 0.4) is 0 Å². The summed E-state index contributed by atoms with van der Waals surface area (Å²) in [4.78, 5) is 271. The van der Waals surface area contributed by atoms with Gasteiger partial charge in [0.25, 0.3) is 0 Å². The number of aliphatic carboxylic acids is 2. The average Bonchev–Trinajstić information content (AvgIpc) is 1.62. The molecule has 0 saturated carbocycles. The lowest BCUT2D eigenvalue weighted by molar-refractivity contribution is -0.149. The van der Waals surface area contributed by atoms with E-state index in [1.165, 1.54) is 41.9 Å². The van der Waals surface area contributed by atoms with Crippen molar-refractivity contribution in [3.05, 3.63) is 108 Å². The maximum Gasteiger partial charge on any atom is 0.323 e. The first kappa shape index (κ1) is 104. The van der Waals surface area contributed by atoms with Crippen LogP contribution < -0.4 is 65.5 Å². The number of ketones is 1. The number of carboxylic acid groups (broad SMARTS) is 2. The molecule has 20 N–H and O–H groups in total. The van der Waals surface area contributed by atoms with Gasteiger partial charge in [0.2, 0.25) is 88.6 Å². The van der Waals surface area contributed by atoms with Crippen LogP contribution in [0.4, 0.5) is 4.39 Å². The Labute approximate surface area is 769 Å². The molecule has 133 heavy (non-hydrogen) atoms. The largest absolute Gasteiger partial charge is 0.481 e. The number of halogens is 1. The highest BCUT2D eigenvalue weighted by Gasteiger charge is 2.47. The fourth-order valence-electron chi connectivity index (χ4n) is 18.0. The Bertz CT molecular complexity index is 5040. The molecule has 4 saturated heterocycles. The number of H-pyrrole nitrogens is 1. The summed E-state index contributed by atoms with van der Waals surface area (Å²) < 4.78 is 15.8. The number of Topliss-reactive ketones (excluding diaryl/α,β-unsaturated/α-hetero) is 1. The monoisotopic (exact) mass is 1850 g/mol. The van der Waals surface area contributed by atoms with Crippen molar-refractivity contribution in [3.8, 4) is 0 Å². The molecule has 40 nitrogen and oxygen atoms in total. The standard InChI is InChI=1S/C92H128FN19O21/c1-7-9-23-70-85(126)102-62(33-34-78(117)118)82(123)100-61(80(97)121)22-17-28-77(116)99-65(40-52-29-31-56(93)32-30-52)89(130)110-37-16-15-26-71(110)86(127)105-67(45-76(96)115)90(131)111-38-18-27-72(111)87(128)106-68(46-95)84(125)103-64(39-51(3)4)91(132)112-49-57(113)44-74(112)75(114)43-53(41-54-47-98-60-21-13-11-19-58(54)60)81(122)101-63(35-36-94)83(124)104-66(88(129)108(6)73(24-10-8-2)92(133)107(70)5)42-55-48-109(50-79(119)120)69-25-14-12-20-59(55)69/h11-14,19-21,25,29-32,47-48,51,53,57,61-68,70-74,98,113H,7-10,15-18,22-24,26-28,33-46,49-50,94-95H2,1-6H3,(H2,96,115)(H2,97,121)(H,99,116)(H,100,123)(H,101,122)(H,102,126)(H,103,125)(H,104,124)(H,105,127)(H,106,128)(H,117,118)(H,119,120)/t53-,57-,61+,62+,63+,64+,65+,66+,67+,68+,70+,71+,72+,73+,74+/m1/s1. The zero-order valence-corrected chi connectivity index (χ0v) is 76.1. The molecule has 41 heteroatoms. The van der Waals surface area contributed by atoms with Crippen molar-refractivity contribution in [1.29, 1.82) is 0 Å². The van der Waals surface area contributed by atoms with E-state index in [1.807, 2.05) is 6.92 Å². The van der Waals surface area contributed by atoms with Gasteiger partial charge in [0, 0.05) is 119 Å². The minimum atomic E-state index is -1.75. The number of carbonyl (C=O) groups is 18. The number of primary amides is 2. The second kappa shape index (κ2) is 49.1. The van der Waals surface area contributed by atoms with E-state index < -0.39 is 254 Å². The summed E-state index contributed by atoms with van der Waals surface area (Å²) in [5.74, 6) is -19.8. The van der Waals surface area contributed by atoms with Crippen LogP contribution in [0.2, 0.25) is 0 Å². The molecule has 6 heterocycles. The lowest BCUT2D eigenvalue weighted by Gasteiger charge is -2.38. The van der Waals surface area contributed by atoms with Crippen LogP contribution in [0.15, 0.2) is 85.2 Å². The normalized spacial score (nSPS) is 25.6. The number of para-hydroxylation sites is 2. The Morgan fingerprint density at radius 1 is 0.526 bits per heavy atom. The summed E-state index contributed by atoms with van der Waals surface area (Å²) in [5.41, 5.74) is 26.4. The Morgan fingerprint density at radius 2 is 1.09 bits per heavy atom. The highest BCUT2D eigenvalue weighted by Crippen LogP contribution is 2.31. The van der Waals surface area contributed by atoms with E-state index in [4.69, 9.17) is 22.9 Å². The summed E-state index contributed by atoms with van der Waals surface area (Å²) in [6.07, 6.45) is -1.31. The van der Waals surface area contributed by atoms with E-state index in [9.17, 15) is 67.7 Å². The number of aromatic nitrogens is 2. The molecule has 0 bridgehead atoms. The molecular weight excluding hydrogens is 1730 g/mol. The van der Waals surface area contributed by atoms with Gasteiger partial charge in [-0.2, -0.15) is 0 Å². The minimum Gasteiger partial charge on any atom is -0.481 e. The maximum atomic E-state index is 15.9. The van der Waals surface area contributed by atoms with Gasteiger partial charge in [-0.3, -0.25) is 86.3 Å². The predicted octanol–water partition coefficient (Wildman–Crippen LogP) is -0.0407. The molecule has 0 radical (unpaired) electrons. The second-order valence-electron chi connectivity index (χ2n) is 35.4. The van der Waals surface area contributed by atoms with Crippen LogP contribution in [0, 0.1) is 17.7 Å². The van der Waals surface area contributed by atoms with Crippen molar-refractivity contribution in [3.63, 3.8) is 0 Å². The van der Waals surface area contributed by atoms with Crippen LogP contribution in [-0.2, 0) is 112 Å². The first-order valence-electron chi connectivity index (χ1n) is 45.7. The number of nitrogens with two attached hydrogens (primary N) is 4. The van der Waals surface area contributed by atoms with Gasteiger partial charge in [-0.05, 0) is 137 Å². The number of piperidine rings is 1. The van der Waals surface area contributed by atoms with Crippen molar-refractivity contribution >= 4 is 128 Å². The smallest absolute Gasteiger partial charge is 0.323 e. The van der Waals surface area contributed by atoms with Gasteiger partial charge >= 0.3 is 11.9 Å². The molecule has 3 aromatic carbocycles. The molecule has 2 aromatic heterocycles. The van der Waals surface area contributed by atoms with Crippen LogP contribution in [0.25, 0.3) is 21.8 Å². The van der Waals surface area contributed by atoms with E-state index in [0.29, 0.717) is 70.6 Å². The third kappa shape index (κ3) is 28.1. The molecule has 4 aliphatic rings. The SMILES string of the molecule is CCCC[C@H]1C(=O)N(C)[C@@H](CCCC)C(=O)N[C@@H](CCC(=O)O)C(=O)N[C@H](C(N)=O)CCCC(=O)N[C@@H](Cc2ccc(F)cc2)C(=O)N2CCCC[C@H]2C(=O)N[C@@H](CC(N)=O)C(=O)N2CCC[C@H]2C(=O)N[C@@H](CN)C(=O)N[C@@H](CC(C)C)C(=O)N2C[C@H](O)C[C@H]2C(=O)C[C@@H](Cc2c[nH]c3ccccc23)C(=O)N[C@@H](CCN)C(=O)N[C@@H](Cc2cn(CC(=O)O)c3ccccc23)C(=O)N1C. The van der Waals surface area contributed by atoms with Gasteiger partial charge in [-0.25, -0.2) is 4.39 Å². The van der Waals surface area contributed by atoms with Crippen LogP contribution in [-0.4, -0.2) is 287 Å². The number of unbranched alkanes of at least 4 members (excludes halogenated alkanes) is 2. The Morgan fingerprint density at radius 3 is 1.73 bits per heavy atom. The number of nitrogens with zero attached hydrogens (tertiary/aromatic N) is 6. The quantitative estimate of drug-likeness (QED) is 0.0364. The number of aliphatic hydroxyl groups is 1. The number of aromatic amines is 1. The van der Waals surface area contributed by atoms with Gasteiger partial charge in [0.15, 0.2) is 5.78 Å². The van der Waals surface area contributed by atoms with Crippen molar-refractivity contribution in [1.82, 2.24) is 76.6 Å². The van der Waals surface area contributed by atoms with Gasteiger partial charge in [-0.1, -0.05) is 102 Å². The average molecular weight is 1860 g/mol. The van der Waals surface area contributed by atoms with Gasteiger partial charge in [0.1, 0.15) is 84.9 Å². The first-order valence-corrected chi connectivity index (χ1v) is 45.7. The number of hydrogen-bond donors (Lipinski definition) is 16. The van der Waals surface area contributed by atoms with Gasteiger partial charge in [-0.15, -0.1) is 0 Å². The van der Waals surface area contributed by atoms with Crippen molar-refractivity contribution < 1.29 is 106 Å². The van der Waals surface area contributed by atoms with Crippen molar-refractivity contribution in [2.75, 3.05) is 46.8 Å². The molecule has 4 aliphatic heterocycles. The van der Waals surface area contributed by atoms with Crippen LogP contribution >= 0.6 is 0 Å². The topological polar surface area (TPSA) is 605 Å². The molecule has 15 atom stereocenters. The number of rotatable bonds is 25. The molecule has 5 aromatic rings. The van der Waals surface area contributed by atoms with Crippen molar-refractivity contribution in [2.45, 2.75) is 273 Å². The summed E-state index contributed by atoms with van der Waals surface area (Å²) in [6, 6.07) is -1.24. The summed E-state index contributed by atoms with van der Waals surface area (Å²) in [6.45, 7) is 5.12. The molecule has 0 spiro atoms. The summed E-state index contributed by atoms with van der Waals surface area (Å²) >= 11 is 0. The maximum absolute atomic E-state index is 15.9. The predicted molar refractivity (Wildman–Crippen MR) is 482 cm³/mol. The number of fused-ring (bicyclic) bond motifs is 5. The first-order chi connectivity index (χ1) is 63.3.